The van der Waals surface area contributed by atoms with Gasteiger partial charge in [-0.15, -0.1) is 0 Å². The molecule has 0 aliphatic heterocycles. The van der Waals surface area contributed by atoms with Crippen molar-refractivity contribution in [3.05, 3.63) is 44.9 Å². The first-order chi connectivity index (χ1) is 10.1. The molecule has 2 rings (SSSR count). The molecule has 7 heteroatoms. The first-order valence-electron chi connectivity index (χ1n) is 6.71. The molecule has 0 bridgehead atoms. The molecule has 6 nitrogen and oxygen atoms in total. The summed E-state index contributed by atoms with van der Waals surface area (Å²) in [5.74, 6) is 1.15. The zero-order valence-electron chi connectivity index (χ0n) is 11.6. The predicted octanol–water partition coefficient (Wildman–Crippen LogP) is 3.55. The molecule has 0 fully saturated rings. The van der Waals surface area contributed by atoms with Gasteiger partial charge in [0, 0.05) is 35.1 Å². The lowest BCUT2D eigenvalue weighted by molar-refractivity contribution is -0.384. The molecule has 0 aliphatic carbocycles. The third kappa shape index (κ3) is 4.37. The highest BCUT2D eigenvalue weighted by atomic mass is 79.9. The largest absolute Gasteiger partial charge is 0.441 e. The van der Waals surface area contributed by atoms with E-state index >= 15 is 0 Å². The van der Waals surface area contributed by atoms with Crippen LogP contribution in [-0.4, -0.2) is 23.0 Å². The molecule has 0 amide bonds. The Balaban J connectivity index is 2.12. The molecule has 1 aromatic carbocycles. The van der Waals surface area contributed by atoms with Crippen LogP contribution < -0.4 is 5.32 Å². The van der Waals surface area contributed by atoms with Gasteiger partial charge in [-0.2, -0.15) is 0 Å². The van der Waals surface area contributed by atoms with E-state index in [1.54, 1.807) is 12.3 Å². The van der Waals surface area contributed by atoms with Crippen LogP contribution >= 0.6 is 15.9 Å². The van der Waals surface area contributed by atoms with Crippen molar-refractivity contribution in [3.63, 3.8) is 0 Å². The van der Waals surface area contributed by atoms with Crippen LogP contribution in [0.4, 0.5) is 5.69 Å². The molecule has 1 aromatic heterocycles. The molecule has 0 unspecified atom stereocenters. The van der Waals surface area contributed by atoms with E-state index < -0.39 is 4.92 Å². The number of rotatable bonds is 7. The van der Waals surface area contributed by atoms with Crippen molar-refractivity contribution in [3.8, 4) is 11.3 Å². The van der Waals surface area contributed by atoms with Crippen molar-refractivity contribution in [2.45, 2.75) is 19.8 Å². The van der Waals surface area contributed by atoms with Crippen molar-refractivity contribution in [2.24, 2.45) is 0 Å². The van der Waals surface area contributed by atoms with Crippen LogP contribution in [0.15, 0.2) is 33.3 Å². The van der Waals surface area contributed by atoms with Crippen LogP contribution in [0.5, 0.6) is 0 Å². The second kappa shape index (κ2) is 7.33. The Hall–Kier alpha value is -1.73. The summed E-state index contributed by atoms with van der Waals surface area (Å²) in [7, 11) is 0. The molecule has 1 N–H and O–H groups in total. The minimum Gasteiger partial charge on any atom is -0.441 e. The third-order valence-electron chi connectivity index (χ3n) is 2.87. The Morgan fingerprint density at radius 1 is 1.38 bits per heavy atom. The van der Waals surface area contributed by atoms with E-state index in [1.165, 1.54) is 12.1 Å². The Kier molecular flexibility index (Phi) is 5.46. The summed E-state index contributed by atoms with van der Waals surface area (Å²) in [6.45, 7) is 3.87. The maximum atomic E-state index is 10.9. The van der Waals surface area contributed by atoms with E-state index in [9.17, 15) is 10.1 Å². The van der Waals surface area contributed by atoms with E-state index in [2.05, 4.69) is 33.2 Å². The van der Waals surface area contributed by atoms with E-state index in [1.807, 2.05) is 0 Å². The maximum Gasteiger partial charge on any atom is 0.271 e. The summed E-state index contributed by atoms with van der Waals surface area (Å²) in [6.07, 6.45) is 3.37. The van der Waals surface area contributed by atoms with E-state index in [-0.39, 0.29) is 5.69 Å². The zero-order valence-corrected chi connectivity index (χ0v) is 13.2. The fourth-order valence-electron chi connectivity index (χ4n) is 1.88. The highest BCUT2D eigenvalue weighted by molar-refractivity contribution is 9.10. The van der Waals surface area contributed by atoms with Gasteiger partial charge in [0.2, 0.25) is 0 Å². The van der Waals surface area contributed by atoms with Gasteiger partial charge in [0.05, 0.1) is 11.1 Å². The molecular weight excluding hydrogens is 338 g/mol. The number of nitrogens with zero attached hydrogens (tertiary/aromatic N) is 2. The summed E-state index contributed by atoms with van der Waals surface area (Å²) >= 11 is 3.27. The van der Waals surface area contributed by atoms with Crippen molar-refractivity contribution >= 4 is 21.6 Å². The molecule has 2 aromatic rings. The van der Waals surface area contributed by atoms with Crippen molar-refractivity contribution in [1.82, 2.24) is 10.3 Å². The highest BCUT2D eigenvalue weighted by Gasteiger charge is 2.13. The van der Waals surface area contributed by atoms with Crippen LogP contribution in [0.25, 0.3) is 11.3 Å². The number of non-ortho nitro benzene ring substituents is 1. The lowest BCUT2D eigenvalue weighted by Crippen LogP contribution is -2.17. The Bertz CT molecular complexity index is 628. The summed E-state index contributed by atoms with van der Waals surface area (Å²) < 4.78 is 6.28. The second-order valence-electron chi connectivity index (χ2n) is 4.57. The highest BCUT2D eigenvalue weighted by Crippen LogP contribution is 2.29. The molecule has 0 radical (unpaired) electrons. The molecular formula is C14H16BrN3O3. The number of benzene rings is 1. The van der Waals surface area contributed by atoms with E-state index in [4.69, 9.17) is 4.42 Å². The van der Waals surface area contributed by atoms with Gasteiger partial charge < -0.3 is 9.73 Å². The number of nitrogens with one attached hydrogen (secondary N) is 1. The number of oxazole rings is 1. The van der Waals surface area contributed by atoms with Crippen LogP contribution in [0, 0.1) is 10.1 Å². The number of hydrogen-bond acceptors (Lipinski definition) is 5. The van der Waals surface area contributed by atoms with Gasteiger partial charge in [0.25, 0.3) is 5.69 Å². The first-order valence-corrected chi connectivity index (χ1v) is 7.50. The fourth-order valence-corrected chi connectivity index (χ4v) is 2.36. The quantitative estimate of drug-likeness (QED) is 0.467. The van der Waals surface area contributed by atoms with Gasteiger partial charge in [-0.25, -0.2) is 4.98 Å². The summed E-state index contributed by atoms with van der Waals surface area (Å²) in [4.78, 5) is 14.6. The van der Waals surface area contributed by atoms with Gasteiger partial charge in [-0.05, 0) is 19.0 Å². The van der Waals surface area contributed by atoms with Crippen molar-refractivity contribution in [2.75, 3.05) is 13.1 Å². The molecule has 0 aliphatic rings. The number of halogens is 1. The Morgan fingerprint density at radius 2 is 2.19 bits per heavy atom. The number of aromatic nitrogens is 1. The third-order valence-corrected chi connectivity index (χ3v) is 3.33. The monoisotopic (exact) mass is 353 g/mol. The Morgan fingerprint density at radius 3 is 2.90 bits per heavy atom. The lowest BCUT2D eigenvalue weighted by atomic mass is 10.1. The number of hydrogen-bond donors (Lipinski definition) is 1. The summed E-state index contributed by atoms with van der Waals surface area (Å²) in [5, 5.41) is 14.1. The smallest absolute Gasteiger partial charge is 0.271 e. The topological polar surface area (TPSA) is 81.2 Å². The van der Waals surface area contributed by atoms with Gasteiger partial charge in [0.1, 0.15) is 0 Å². The molecule has 21 heavy (non-hydrogen) atoms. The van der Waals surface area contributed by atoms with E-state index in [0.717, 1.165) is 19.5 Å². The normalized spacial score (nSPS) is 10.8. The fraction of sp³-hybridized carbons (Fsp3) is 0.357. The van der Waals surface area contributed by atoms with Gasteiger partial charge in [-0.3, -0.25) is 10.1 Å². The van der Waals surface area contributed by atoms with Gasteiger partial charge >= 0.3 is 0 Å². The summed E-state index contributed by atoms with van der Waals surface area (Å²) in [6, 6.07) is 4.70. The van der Waals surface area contributed by atoms with Crippen LogP contribution in [0.2, 0.25) is 0 Å². The Labute approximate surface area is 130 Å². The average Bonchev–Trinajstić information content (AvgIpc) is 2.92. The van der Waals surface area contributed by atoms with Gasteiger partial charge in [-0.1, -0.05) is 22.9 Å². The minimum atomic E-state index is -0.430. The minimum absolute atomic E-state index is 0.0157. The molecule has 1 heterocycles. The van der Waals surface area contributed by atoms with Crippen molar-refractivity contribution < 1.29 is 9.34 Å². The lowest BCUT2D eigenvalue weighted by Gasteiger charge is -2.00. The molecule has 112 valence electrons. The first kappa shape index (κ1) is 15.7. The molecule has 0 saturated carbocycles. The number of nitro benzene ring substituents is 1. The van der Waals surface area contributed by atoms with E-state index in [0.29, 0.717) is 28.1 Å². The molecule has 0 spiro atoms. The standard InChI is InChI=1S/C14H16BrN3O3/c1-2-4-16-5-3-14-17-9-13(21-14)10-6-11(15)8-12(7-10)18(19)20/h6-9,16H,2-5H2,1H3. The second-order valence-corrected chi connectivity index (χ2v) is 5.49. The van der Waals surface area contributed by atoms with Crippen molar-refractivity contribution in [1.29, 1.82) is 0 Å². The molecule has 0 saturated heterocycles. The van der Waals surface area contributed by atoms with Crippen LogP contribution in [0.3, 0.4) is 0 Å². The zero-order chi connectivity index (χ0) is 15.2. The summed E-state index contributed by atoms with van der Waals surface area (Å²) in [5.41, 5.74) is 0.651. The predicted molar refractivity (Wildman–Crippen MR) is 83.2 cm³/mol. The average molecular weight is 354 g/mol. The SMILES string of the molecule is CCCNCCc1ncc(-c2cc(Br)cc([N+](=O)[O-])c2)o1. The number of nitro groups is 1. The van der Waals surface area contributed by atoms with Crippen LogP contribution in [0.1, 0.15) is 19.2 Å². The van der Waals surface area contributed by atoms with Gasteiger partial charge in [0.15, 0.2) is 11.7 Å². The molecule has 0 atom stereocenters. The maximum absolute atomic E-state index is 10.9. The van der Waals surface area contributed by atoms with Crippen LogP contribution in [-0.2, 0) is 6.42 Å².